The minimum atomic E-state index is -1.56. The zero-order valence-electron chi connectivity index (χ0n) is 17.4. The van der Waals surface area contributed by atoms with E-state index < -0.39 is 37.3 Å². The van der Waals surface area contributed by atoms with Crippen LogP contribution in [0.15, 0.2) is 36.4 Å². The molecule has 1 aliphatic rings. The van der Waals surface area contributed by atoms with Crippen molar-refractivity contribution < 1.29 is 34.6 Å². The van der Waals surface area contributed by atoms with Crippen LogP contribution in [0.25, 0.3) is 0 Å². The largest absolute Gasteiger partial charge is 0.493 e. The number of nitrogens with zero attached hydrogens (tertiary/aromatic N) is 1. The summed E-state index contributed by atoms with van der Waals surface area (Å²) in [6.45, 7) is 1.52. The van der Waals surface area contributed by atoms with Gasteiger partial charge in [-0.05, 0) is 35.6 Å². The van der Waals surface area contributed by atoms with E-state index in [1.165, 1.54) is 18.7 Å². The van der Waals surface area contributed by atoms with Crippen LogP contribution in [-0.4, -0.2) is 64.8 Å². The van der Waals surface area contributed by atoms with E-state index in [1.54, 1.807) is 6.07 Å². The highest BCUT2D eigenvalue weighted by atomic mass is 16.7. The first kappa shape index (κ1) is 23.0. The highest BCUT2D eigenvalue weighted by Gasteiger charge is 2.45. The van der Waals surface area contributed by atoms with E-state index in [-0.39, 0.29) is 11.5 Å². The molecule has 0 unspecified atom stereocenters. The molecule has 3 rings (SSSR count). The molecular weight excluding hydrogens is 402 g/mol. The predicted molar refractivity (Wildman–Crippen MR) is 111 cm³/mol. The van der Waals surface area contributed by atoms with E-state index in [1.807, 2.05) is 24.3 Å². The average Bonchev–Trinajstić information content (AvgIpc) is 2.80. The van der Waals surface area contributed by atoms with Crippen molar-refractivity contribution in [1.82, 2.24) is 0 Å². The van der Waals surface area contributed by atoms with E-state index in [2.05, 4.69) is 13.0 Å². The first-order chi connectivity index (χ1) is 14.9. The first-order valence-electron chi connectivity index (χ1n) is 10.1. The summed E-state index contributed by atoms with van der Waals surface area (Å²) in [6, 6.07) is 13.4. The van der Waals surface area contributed by atoms with E-state index in [9.17, 15) is 25.7 Å². The smallest absolute Gasteiger partial charge is 0.229 e. The lowest BCUT2D eigenvalue weighted by Crippen LogP contribution is -2.60. The van der Waals surface area contributed by atoms with Crippen molar-refractivity contribution in [2.45, 2.75) is 50.5 Å². The molecule has 0 spiro atoms. The molecule has 2 aromatic rings. The van der Waals surface area contributed by atoms with Gasteiger partial charge in [0.25, 0.3) is 0 Å². The molecule has 1 aliphatic heterocycles. The van der Waals surface area contributed by atoms with Crippen molar-refractivity contribution >= 4 is 0 Å². The van der Waals surface area contributed by atoms with E-state index in [4.69, 9.17) is 14.2 Å². The van der Waals surface area contributed by atoms with Gasteiger partial charge in [-0.15, -0.1) is 0 Å². The maximum atomic E-state index is 10.3. The van der Waals surface area contributed by atoms with Crippen LogP contribution in [0.3, 0.4) is 0 Å². The summed E-state index contributed by atoms with van der Waals surface area (Å²) in [5, 5.41) is 49.2. The Kier molecular flexibility index (Phi) is 7.49. The maximum Gasteiger partial charge on any atom is 0.229 e. The Morgan fingerprint density at radius 3 is 2.26 bits per heavy atom. The number of aliphatic hydroxyl groups is 4. The summed E-state index contributed by atoms with van der Waals surface area (Å²) in [4.78, 5) is 0. The fraction of sp³-hybridized carbons (Fsp3) is 0.435. The van der Waals surface area contributed by atoms with E-state index in [0.717, 1.165) is 12.0 Å². The molecule has 1 saturated heterocycles. The molecule has 1 fully saturated rings. The highest BCUT2D eigenvalue weighted by Crippen LogP contribution is 2.34. The van der Waals surface area contributed by atoms with Gasteiger partial charge in [0, 0.05) is 6.07 Å². The average molecular weight is 429 g/mol. The highest BCUT2D eigenvalue weighted by molar-refractivity contribution is 5.53. The third kappa shape index (κ3) is 4.98. The molecule has 2 aromatic carbocycles. The van der Waals surface area contributed by atoms with Gasteiger partial charge in [0.05, 0.1) is 25.3 Å². The first-order valence-corrected chi connectivity index (χ1v) is 10.1. The Bertz CT molecular complexity index is 923. The van der Waals surface area contributed by atoms with Crippen molar-refractivity contribution in [2.24, 2.45) is 0 Å². The summed E-state index contributed by atoms with van der Waals surface area (Å²) >= 11 is 0. The van der Waals surface area contributed by atoms with Gasteiger partial charge in [0.1, 0.15) is 24.4 Å². The number of rotatable bonds is 7. The summed E-state index contributed by atoms with van der Waals surface area (Å²) < 4.78 is 16.5. The van der Waals surface area contributed by atoms with Gasteiger partial charge in [-0.25, -0.2) is 0 Å². The quantitative estimate of drug-likeness (QED) is 0.510. The SMILES string of the molecule is CCc1ccc(Cc2cc(O[C@@H]3O[C@H](CO)[C@@H](O)[C@H](O)[C@H]3O)c(OC)cc2C#N)cc1. The molecule has 8 heteroatoms. The van der Waals surface area contributed by atoms with Gasteiger partial charge >= 0.3 is 0 Å². The second-order valence-corrected chi connectivity index (χ2v) is 7.43. The molecule has 0 aliphatic carbocycles. The number of nitriles is 1. The molecule has 166 valence electrons. The van der Waals surface area contributed by atoms with E-state index in [0.29, 0.717) is 17.5 Å². The molecule has 0 radical (unpaired) electrons. The second kappa shape index (κ2) is 10.1. The van der Waals surface area contributed by atoms with Crippen molar-refractivity contribution in [3.05, 3.63) is 58.7 Å². The number of aryl methyl sites for hydroxylation is 1. The van der Waals surface area contributed by atoms with Crippen molar-refractivity contribution in [3.8, 4) is 17.6 Å². The number of benzene rings is 2. The van der Waals surface area contributed by atoms with Gasteiger partial charge in [0.15, 0.2) is 11.5 Å². The fourth-order valence-corrected chi connectivity index (χ4v) is 3.51. The summed E-state index contributed by atoms with van der Waals surface area (Å²) in [5.41, 5.74) is 3.33. The third-order valence-electron chi connectivity index (χ3n) is 5.43. The normalized spacial score (nSPS) is 25.6. The number of ether oxygens (including phenoxy) is 3. The molecule has 4 N–H and O–H groups in total. The van der Waals surface area contributed by atoms with Gasteiger partial charge in [-0.2, -0.15) is 5.26 Å². The predicted octanol–water partition coefficient (Wildman–Crippen LogP) is 0.899. The lowest BCUT2D eigenvalue weighted by Gasteiger charge is -2.39. The molecule has 0 amide bonds. The van der Waals surface area contributed by atoms with Crippen LogP contribution in [0, 0.1) is 11.3 Å². The van der Waals surface area contributed by atoms with Crippen LogP contribution in [-0.2, 0) is 17.6 Å². The molecule has 0 saturated carbocycles. The van der Waals surface area contributed by atoms with Crippen LogP contribution >= 0.6 is 0 Å². The number of hydrogen-bond donors (Lipinski definition) is 4. The molecule has 8 nitrogen and oxygen atoms in total. The molecule has 5 atom stereocenters. The standard InChI is InChI=1S/C23H27NO7/c1-3-13-4-6-14(7-5-13)8-15-9-18(17(29-2)10-16(15)11-24)30-23-22(28)21(27)20(26)19(12-25)31-23/h4-7,9-10,19-23,25-28H,3,8,12H2,1-2H3/t19-,20-,21+,22-,23-/m1/s1. The number of hydrogen-bond acceptors (Lipinski definition) is 8. The number of aliphatic hydroxyl groups excluding tert-OH is 4. The Morgan fingerprint density at radius 2 is 1.68 bits per heavy atom. The summed E-state index contributed by atoms with van der Waals surface area (Å²) in [7, 11) is 1.42. The second-order valence-electron chi connectivity index (χ2n) is 7.43. The fourth-order valence-electron chi connectivity index (χ4n) is 3.51. The van der Waals surface area contributed by atoms with Crippen molar-refractivity contribution in [3.63, 3.8) is 0 Å². The summed E-state index contributed by atoms with van der Waals surface area (Å²) in [6.07, 6.45) is -5.63. The van der Waals surface area contributed by atoms with Gasteiger partial charge in [-0.1, -0.05) is 31.2 Å². The Morgan fingerprint density at radius 1 is 1.00 bits per heavy atom. The van der Waals surface area contributed by atoms with E-state index >= 15 is 0 Å². The van der Waals surface area contributed by atoms with Crippen LogP contribution in [0.2, 0.25) is 0 Å². The molecule has 1 heterocycles. The molecule has 31 heavy (non-hydrogen) atoms. The monoisotopic (exact) mass is 429 g/mol. The zero-order valence-corrected chi connectivity index (χ0v) is 17.4. The Hall–Kier alpha value is -2.67. The Labute approximate surface area is 180 Å². The van der Waals surface area contributed by atoms with Crippen LogP contribution < -0.4 is 9.47 Å². The minimum absolute atomic E-state index is 0.200. The molecular formula is C23H27NO7. The lowest BCUT2D eigenvalue weighted by molar-refractivity contribution is -0.277. The van der Waals surface area contributed by atoms with Crippen LogP contribution in [0.4, 0.5) is 0 Å². The minimum Gasteiger partial charge on any atom is -0.493 e. The zero-order chi connectivity index (χ0) is 22.5. The van der Waals surface area contributed by atoms with Crippen LogP contribution in [0.1, 0.15) is 29.2 Å². The molecule has 0 aromatic heterocycles. The maximum absolute atomic E-state index is 10.3. The summed E-state index contributed by atoms with van der Waals surface area (Å²) in [5.74, 6) is 0.449. The topological polar surface area (TPSA) is 132 Å². The van der Waals surface area contributed by atoms with Gasteiger partial charge in [-0.3, -0.25) is 0 Å². The van der Waals surface area contributed by atoms with Crippen molar-refractivity contribution in [1.29, 1.82) is 5.26 Å². The molecule has 0 bridgehead atoms. The van der Waals surface area contributed by atoms with Crippen LogP contribution in [0.5, 0.6) is 11.5 Å². The lowest BCUT2D eigenvalue weighted by atomic mass is 9.98. The number of methoxy groups -OCH3 is 1. The van der Waals surface area contributed by atoms with Crippen molar-refractivity contribution in [2.75, 3.05) is 13.7 Å². The van der Waals surface area contributed by atoms with Gasteiger partial charge < -0.3 is 34.6 Å². The Balaban J connectivity index is 1.90. The van der Waals surface area contributed by atoms with Gasteiger partial charge in [0.2, 0.25) is 6.29 Å². The third-order valence-corrected chi connectivity index (χ3v) is 5.43.